The molecule has 68 valence electrons. The highest BCUT2D eigenvalue weighted by atomic mass is 15.3. The quantitative estimate of drug-likeness (QED) is 0.709. The van der Waals surface area contributed by atoms with Crippen molar-refractivity contribution >= 4 is 5.65 Å². The average Bonchev–Trinajstić information content (AvgIpc) is 2.78. The molecule has 2 heterocycles. The Morgan fingerprint density at radius 1 is 1.38 bits per heavy atom. The molecule has 3 rings (SSSR count). The maximum atomic E-state index is 4.24. The van der Waals surface area contributed by atoms with Gasteiger partial charge in [0, 0.05) is 30.1 Å². The predicted molar refractivity (Wildman–Crippen MR) is 50.8 cm³/mol. The first-order chi connectivity index (χ1) is 6.43. The van der Waals surface area contributed by atoms with Gasteiger partial charge in [-0.2, -0.15) is 0 Å². The Bertz CT molecular complexity index is 378. The molecule has 0 bridgehead atoms. The number of hydrogen-bond donors (Lipinski definition) is 1. The number of nitrogens with one attached hydrogen (secondary N) is 1. The van der Waals surface area contributed by atoms with Gasteiger partial charge in [0.2, 0.25) is 0 Å². The highest BCUT2D eigenvalue weighted by molar-refractivity contribution is 5.40. The number of hydrogen-bond acceptors (Lipinski definition) is 1. The molecular weight excluding hydrogens is 162 g/mol. The molecule has 0 radical (unpaired) electrons. The van der Waals surface area contributed by atoms with Crippen molar-refractivity contribution in [1.82, 2.24) is 14.6 Å². The fourth-order valence-electron chi connectivity index (χ4n) is 2.27. The van der Waals surface area contributed by atoms with Gasteiger partial charge in [-0.1, -0.05) is 12.8 Å². The molecule has 3 nitrogen and oxygen atoms in total. The van der Waals surface area contributed by atoms with Crippen LogP contribution in [0.1, 0.15) is 37.3 Å². The molecule has 2 aromatic heterocycles. The second-order valence-corrected chi connectivity index (χ2v) is 3.85. The summed E-state index contributed by atoms with van der Waals surface area (Å²) in [4.78, 5) is 4.24. The van der Waals surface area contributed by atoms with Gasteiger partial charge in [0.05, 0.1) is 0 Å². The maximum Gasteiger partial charge on any atom is 0.153 e. The fourth-order valence-corrected chi connectivity index (χ4v) is 2.27. The lowest BCUT2D eigenvalue weighted by Crippen LogP contribution is -1.93. The summed E-state index contributed by atoms with van der Waals surface area (Å²) < 4.78 is 1.99. The van der Waals surface area contributed by atoms with E-state index in [9.17, 15) is 0 Å². The molecule has 0 saturated heterocycles. The number of nitrogens with zero attached hydrogens (tertiary/aromatic N) is 2. The molecule has 2 aromatic rings. The summed E-state index contributed by atoms with van der Waals surface area (Å²) in [6.07, 6.45) is 9.23. The summed E-state index contributed by atoms with van der Waals surface area (Å²) in [6.45, 7) is 0. The second-order valence-electron chi connectivity index (χ2n) is 3.85. The van der Waals surface area contributed by atoms with E-state index in [0.29, 0.717) is 0 Å². The lowest BCUT2D eigenvalue weighted by Gasteiger charge is -2.03. The van der Waals surface area contributed by atoms with Crippen LogP contribution in [0.15, 0.2) is 18.5 Å². The van der Waals surface area contributed by atoms with E-state index in [1.807, 2.05) is 16.9 Å². The summed E-state index contributed by atoms with van der Waals surface area (Å²) in [7, 11) is 0. The summed E-state index contributed by atoms with van der Waals surface area (Å²) >= 11 is 0. The monoisotopic (exact) mass is 175 g/mol. The van der Waals surface area contributed by atoms with Crippen LogP contribution >= 0.6 is 0 Å². The topological polar surface area (TPSA) is 33.1 Å². The minimum atomic E-state index is 0.752. The van der Waals surface area contributed by atoms with Gasteiger partial charge < -0.3 is 0 Å². The van der Waals surface area contributed by atoms with Crippen molar-refractivity contribution in [2.45, 2.75) is 31.6 Å². The van der Waals surface area contributed by atoms with Crippen LogP contribution in [0.2, 0.25) is 0 Å². The number of fused-ring (bicyclic) bond motifs is 1. The summed E-state index contributed by atoms with van der Waals surface area (Å²) in [5.74, 6) is 0.752. The third kappa shape index (κ3) is 1.07. The minimum Gasteiger partial charge on any atom is -0.297 e. The number of H-pyrrole nitrogens is 1. The van der Waals surface area contributed by atoms with Crippen LogP contribution in [0, 0.1) is 0 Å². The van der Waals surface area contributed by atoms with E-state index in [-0.39, 0.29) is 0 Å². The van der Waals surface area contributed by atoms with Gasteiger partial charge in [0.1, 0.15) is 0 Å². The Hall–Kier alpha value is -1.25. The van der Waals surface area contributed by atoms with Crippen molar-refractivity contribution < 1.29 is 0 Å². The smallest absolute Gasteiger partial charge is 0.153 e. The minimum absolute atomic E-state index is 0.752. The summed E-state index contributed by atoms with van der Waals surface area (Å²) in [5, 5.41) is 3.37. The van der Waals surface area contributed by atoms with Gasteiger partial charge in [-0.15, -0.1) is 0 Å². The lowest BCUT2D eigenvalue weighted by molar-refractivity contribution is 0.685. The van der Waals surface area contributed by atoms with Gasteiger partial charge in [-0.25, -0.2) is 9.50 Å². The normalized spacial score (nSPS) is 18.8. The third-order valence-electron chi connectivity index (χ3n) is 3.00. The number of imidazole rings is 1. The lowest BCUT2D eigenvalue weighted by atomic mass is 10.1. The highest BCUT2D eigenvalue weighted by Crippen LogP contribution is 2.33. The Morgan fingerprint density at radius 2 is 2.23 bits per heavy atom. The SMILES string of the molecule is c1cn2[nH]c(C3CCCC3)cc2n1. The van der Waals surface area contributed by atoms with Gasteiger partial charge >= 0.3 is 0 Å². The van der Waals surface area contributed by atoms with Crippen molar-refractivity contribution in [1.29, 1.82) is 0 Å². The number of aromatic amines is 1. The highest BCUT2D eigenvalue weighted by Gasteiger charge is 2.18. The molecule has 13 heavy (non-hydrogen) atoms. The van der Waals surface area contributed by atoms with Crippen LogP contribution in [0.5, 0.6) is 0 Å². The zero-order valence-corrected chi connectivity index (χ0v) is 7.53. The van der Waals surface area contributed by atoms with Crippen LogP contribution in [0.25, 0.3) is 5.65 Å². The van der Waals surface area contributed by atoms with Gasteiger partial charge in [0.25, 0.3) is 0 Å². The summed E-state index contributed by atoms with van der Waals surface area (Å²) in [6, 6.07) is 2.18. The van der Waals surface area contributed by atoms with Gasteiger partial charge in [0.15, 0.2) is 5.65 Å². The first-order valence-corrected chi connectivity index (χ1v) is 4.95. The largest absolute Gasteiger partial charge is 0.297 e. The molecule has 0 aliphatic heterocycles. The molecule has 1 aliphatic carbocycles. The molecule has 0 spiro atoms. The second kappa shape index (κ2) is 2.62. The number of aromatic nitrogens is 3. The van der Waals surface area contributed by atoms with Crippen LogP contribution in [0.3, 0.4) is 0 Å². The van der Waals surface area contributed by atoms with Crippen molar-refractivity contribution in [2.75, 3.05) is 0 Å². The zero-order valence-electron chi connectivity index (χ0n) is 7.53. The molecule has 1 aliphatic rings. The van der Waals surface area contributed by atoms with E-state index in [1.54, 1.807) is 0 Å². The first kappa shape index (κ1) is 7.18. The van der Waals surface area contributed by atoms with E-state index < -0.39 is 0 Å². The van der Waals surface area contributed by atoms with Crippen molar-refractivity contribution in [2.24, 2.45) is 0 Å². The van der Waals surface area contributed by atoms with E-state index >= 15 is 0 Å². The van der Waals surface area contributed by atoms with Crippen LogP contribution < -0.4 is 0 Å². The van der Waals surface area contributed by atoms with Crippen LogP contribution in [-0.2, 0) is 0 Å². The number of rotatable bonds is 1. The molecule has 1 N–H and O–H groups in total. The van der Waals surface area contributed by atoms with Crippen LogP contribution in [-0.4, -0.2) is 14.6 Å². The molecule has 0 unspecified atom stereocenters. The van der Waals surface area contributed by atoms with Crippen molar-refractivity contribution in [3.8, 4) is 0 Å². The molecule has 1 saturated carbocycles. The maximum absolute atomic E-state index is 4.24. The van der Waals surface area contributed by atoms with E-state index in [1.165, 1.54) is 31.4 Å². The van der Waals surface area contributed by atoms with Crippen LogP contribution in [0.4, 0.5) is 0 Å². The Morgan fingerprint density at radius 3 is 3.00 bits per heavy atom. The molecule has 0 amide bonds. The van der Waals surface area contributed by atoms with Gasteiger partial charge in [-0.05, 0) is 12.8 Å². The summed E-state index contributed by atoms with van der Waals surface area (Å²) in [5.41, 5.74) is 2.41. The van der Waals surface area contributed by atoms with Crippen molar-refractivity contribution in [3.05, 3.63) is 24.2 Å². The first-order valence-electron chi connectivity index (χ1n) is 4.95. The molecule has 1 fully saturated rings. The fraction of sp³-hybridized carbons (Fsp3) is 0.500. The van der Waals surface area contributed by atoms with E-state index in [4.69, 9.17) is 0 Å². The Kier molecular flexibility index (Phi) is 1.45. The Labute approximate surface area is 76.8 Å². The van der Waals surface area contributed by atoms with E-state index in [2.05, 4.69) is 16.1 Å². The van der Waals surface area contributed by atoms with Crippen molar-refractivity contribution in [3.63, 3.8) is 0 Å². The average molecular weight is 175 g/mol. The zero-order chi connectivity index (χ0) is 8.67. The molecular formula is C10H13N3. The van der Waals surface area contributed by atoms with E-state index in [0.717, 1.165) is 11.6 Å². The molecule has 0 atom stereocenters. The van der Waals surface area contributed by atoms with Gasteiger partial charge in [-0.3, -0.25) is 5.10 Å². The molecule has 3 heteroatoms. The molecule has 0 aromatic carbocycles. The third-order valence-corrected chi connectivity index (χ3v) is 3.00. The predicted octanol–water partition coefficient (Wildman–Crippen LogP) is 2.32. The standard InChI is InChI=1S/C10H13N3/c1-2-4-8(3-1)9-7-10-11-5-6-13(10)12-9/h5-8,12H,1-4H2. The Balaban J connectivity index is 2.02.